The highest BCUT2D eigenvalue weighted by Crippen LogP contribution is 2.38. The SMILES string of the molecule is C[C@@H]1C[C@@H]1C(=O)Nc1ccc(-n2nccc2C(F)(F)F)cc1. The van der Waals surface area contributed by atoms with Gasteiger partial charge < -0.3 is 5.32 Å². The number of hydrogen-bond acceptors (Lipinski definition) is 2. The van der Waals surface area contributed by atoms with Crippen LogP contribution in [0.15, 0.2) is 36.5 Å². The molecule has 116 valence electrons. The van der Waals surface area contributed by atoms with Crippen LogP contribution in [0.4, 0.5) is 18.9 Å². The minimum absolute atomic E-state index is 0.0441. The second kappa shape index (κ2) is 5.15. The Morgan fingerprint density at radius 2 is 1.91 bits per heavy atom. The molecule has 1 aromatic carbocycles. The van der Waals surface area contributed by atoms with E-state index in [0.717, 1.165) is 23.4 Å². The maximum Gasteiger partial charge on any atom is 0.433 e. The molecule has 1 aliphatic carbocycles. The fraction of sp³-hybridized carbons (Fsp3) is 0.333. The first-order chi connectivity index (χ1) is 10.4. The van der Waals surface area contributed by atoms with Crippen molar-refractivity contribution in [1.82, 2.24) is 9.78 Å². The van der Waals surface area contributed by atoms with Gasteiger partial charge in [-0.1, -0.05) is 6.92 Å². The molecule has 0 spiro atoms. The van der Waals surface area contributed by atoms with Crippen LogP contribution in [0.5, 0.6) is 0 Å². The number of rotatable bonds is 3. The maximum absolute atomic E-state index is 12.8. The number of nitrogens with one attached hydrogen (secondary N) is 1. The summed E-state index contributed by atoms with van der Waals surface area (Å²) >= 11 is 0. The third kappa shape index (κ3) is 2.84. The number of alkyl halides is 3. The third-order valence-electron chi connectivity index (χ3n) is 3.76. The molecule has 1 amide bonds. The Labute approximate surface area is 124 Å². The largest absolute Gasteiger partial charge is 0.433 e. The molecule has 1 heterocycles. The summed E-state index contributed by atoms with van der Waals surface area (Å²) in [4.78, 5) is 11.8. The summed E-state index contributed by atoms with van der Waals surface area (Å²) < 4.78 is 39.3. The quantitative estimate of drug-likeness (QED) is 0.943. The zero-order valence-electron chi connectivity index (χ0n) is 11.8. The van der Waals surface area contributed by atoms with Crippen LogP contribution in [-0.2, 0) is 11.0 Å². The van der Waals surface area contributed by atoms with Crippen LogP contribution in [0.25, 0.3) is 5.69 Å². The predicted molar refractivity (Wildman–Crippen MR) is 74.5 cm³/mol. The molecule has 1 aliphatic rings. The van der Waals surface area contributed by atoms with Crippen molar-refractivity contribution >= 4 is 11.6 Å². The summed E-state index contributed by atoms with van der Waals surface area (Å²) in [5.74, 6) is 0.399. The summed E-state index contributed by atoms with van der Waals surface area (Å²) in [5.41, 5.74) is 0.0137. The monoisotopic (exact) mass is 309 g/mol. The second-order valence-electron chi connectivity index (χ2n) is 5.48. The van der Waals surface area contributed by atoms with Crippen molar-refractivity contribution in [3.8, 4) is 5.69 Å². The number of halogens is 3. The lowest BCUT2D eigenvalue weighted by Crippen LogP contribution is -2.15. The molecule has 0 unspecified atom stereocenters. The van der Waals surface area contributed by atoms with Crippen LogP contribution in [0.2, 0.25) is 0 Å². The molecule has 22 heavy (non-hydrogen) atoms. The fourth-order valence-electron chi connectivity index (χ4n) is 2.33. The Hall–Kier alpha value is -2.31. The summed E-state index contributed by atoms with van der Waals surface area (Å²) in [6.45, 7) is 2.00. The Morgan fingerprint density at radius 1 is 1.27 bits per heavy atom. The standard InChI is InChI=1S/C15H14F3N3O/c1-9-8-12(9)14(22)20-10-2-4-11(5-3-10)21-13(6-7-19-21)15(16,17)18/h2-7,9,12H,8H2,1H3,(H,20,22)/t9-,12+/m1/s1. The highest BCUT2D eigenvalue weighted by molar-refractivity contribution is 5.94. The van der Waals surface area contributed by atoms with Crippen molar-refractivity contribution in [3.05, 3.63) is 42.2 Å². The van der Waals surface area contributed by atoms with Crippen molar-refractivity contribution in [1.29, 1.82) is 0 Å². The molecule has 1 N–H and O–H groups in total. The molecule has 4 nitrogen and oxygen atoms in total. The van der Waals surface area contributed by atoms with Gasteiger partial charge in [-0.05, 0) is 42.7 Å². The second-order valence-corrected chi connectivity index (χ2v) is 5.48. The number of hydrogen-bond donors (Lipinski definition) is 1. The van der Waals surface area contributed by atoms with Gasteiger partial charge in [-0.3, -0.25) is 4.79 Å². The van der Waals surface area contributed by atoms with Gasteiger partial charge >= 0.3 is 6.18 Å². The number of aromatic nitrogens is 2. The maximum atomic E-state index is 12.8. The first kappa shape index (κ1) is 14.6. The lowest BCUT2D eigenvalue weighted by molar-refractivity contribution is -0.142. The summed E-state index contributed by atoms with van der Waals surface area (Å²) in [6, 6.07) is 7.05. The molecule has 7 heteroatoms. The van der Waals surface area contributed by atoms with Crippen molar-refractivity contribution < 1.29 is 18.0 Å². The van der Waals surface area contributed by atoms with Crippen LogP contribution in [0.1, 0.15) is 19.0 Å². The smallest absolute Gasteiger partial charge is 0.326 e. The van der Waals surface area contributed by atoms with E-state index in [1.54, 1.807) is 12.1 Å². The predicted octanol–water partition coefficient (Wildman–Crippen LogP) is 3.49. The topological polar surface area (TPSA) is 46.9 Å². The van der Waals surface area contributed by atoms with Crippen LogP contribution in [0.3, 0.4) is 0 Å². The molecule has 0 radical (unpaired) electrons. The Bertz CT molecular complexity index is 691. The van der Waals surface area contributed by atoms with E-state index in [1.807, 2.05) is 6.92 Å². The number of carbonyl (C=O) groups is 1. The van der Waals surface area contributed by atoms with Crippen molar-refractivity contribution in [3.63, 3.8) is 0 Å². The van der Waals surface area contributed by atoms with E-state index < -0.39 is 11.9 Å². The van der Waals surface area contributed by atoms with Gasteiger partial charge in [0.1, 0.15) is 5.69 Å². The minimum Gasteiger partial charge on any atom is -0.326 e. The van der Waals surface area contributed by atoms with E-state index in [2.05, 4.69) is 10.4 Å². The van der Waals surface area contributed by atoms with Gasteiger partial charge in [0.05, 0.1) is 11.9 Å². The first-order valence-electron chi connectivity index (χ1n) is 6.89. The van der Waals surface area contributed by atoms with Crippen molar-refractivity contribution in [2.24, 2.45) is 11.8 Å². The number of anilines is 1. The van der Waals surface area contributed by atoms with E-state index in [0.29, 0.717) is 11.6 Å². The third-order valence-corrected chi connectivity index (χ3v) is 3.76. The Balaban J connectivity index is 1.77. The number of amides is 1. The van der Waals surface area contributed by atoms with Crippen LogP contribution >= 0.6 is 0 Å². The average molecular weight is 309 g/mol. The van der Waals surface area contributed by atoms with Gasteiger partial charge in [0.2, 0.25) is 5.91 Å². The molecule has 2 atom stereocenters. The normalized spacial score (nSPS) is 20.7. The zero-order valence-corrected chi connectivity index (χ0v) is 11.8. The first-order valence-corrected chi connectivity index (χ1v) is 6.89. The number of nitrogens with zero attached hydrogens (tertiary/aromatic N) is 2. The summed E-state index contributed by atoms with van der Waals surface area (Å²) in [7, 11) is 0. The Morgan fingerprint density at radius 3 is 2.45 bits per heavy atom. The van der Waals surface area contributed by atoms with E-state index in [1.165, 1.54) is 12.1 Å². The molecule has 2 aromatic rings. The van der Waals surface area contributed by atoms with Crippen LogP contribution in [0, 0.1) is 11.8 Å². The molecule has 1 aromatic heterocycles. The molecule has 0 bridgehead atoms. The van der Waals surface area contributed by atoms with Crippen molar-refractivity contribution in [2.75, 3.05) is 5.32 Å². The number of benzene rings is 1. The van der Waals surface area contributed by atoms with E-state index in [4.69, 9.17) is 0 Å². The highest BCUT2D eigenvalue weighted by Gasteiger charge is 2.39. The summed E-state index contributed by atoms with van der Waals surface area (Å²) in [5, 5.41) is 6.46. The molecular formula is C15H14F3N3O. The molecule has 3 rings (SSSR count). The van der Waals surface area contributed by atoms with Gasteiger partial charge in [0, 0.05) is 11.6 Å². The molecule has 1 saturated carbocycles. The van der Waals surface area contributed by atoms with Gasteiger partial charge in [-0.15, -0.1) is 0 Å². The fourth-order valence-corrected chi connectivity index (χ4v) is 2.33. The van der Waals surface area contributed by atoms with Crippen LogP contribution < -0.4 is 5.32 Å². The minimum atomic E-state index is -4.47. The lowest BCUT2D eigenvalue weighted by Gasteiger charge is -2.11. The molecular weight excluding hydrogens is 295 g/mol. The highest BCUT2D eigenvalue weighted by atomic mass is 19.4. The van der Waals surface area contributed by atoms with Gasteiger partial charge in [-0.2, -0.15) is 18.3 Å². The van der Waals surface area contributed by atoms with E-state index in [9.17, 15) is 18.0 Å². The van der Waals surface area contributed by atoms with Gasteiger partial charge in [0.25, 0.3) is 0 Å². The van der Waals surface area contributed by atoms with Crippen molar-refractivity contribution in [2.45, 2.75) is 19.5 Å². The molecule has 1 fully saturated rings. The molecule has 0 saturated heterocycles. The van der Waals surface area contributed by atoms with Gasteiger partial charge in [-0.25, -0.2) is 4.68 Å². The summed E-state index contributed by atoms with van der Waals surface area (Å²) in [6.07, 6.45) is -2.48. The zero-order chi connectivity index (χ0) is 15.9. The number of carbonyl (C=O) groups excluding carboxylic acids is 1. The molecule has 0 aliphatic heterocycles. The van der Waals surface area contributed by atoms with Crippen LogP contribution in [-0.4, -0.2) is 15.7 Å². The Kier molecular flexibility index (Phi) is 3.42. The van der Waals surface area contributed by atoms with E-state index >= 15 is 0 Å². The van der Waals surface area contributed by atoms with Gasteiger partial charge in [0.15, 0.2) is 0 Å². The average Bonchev–Trinajstić information content (AvgIpc) is 2.99. The lowest BCUT2D eigenvalue weighted by atomic mass is 10.2. The van der Waals surface area contributed by atoms with E-state index in [-0.39, 0.29) is 17.5 Å².